The molecule has 230 valence electrons. The van der Waals surface area contributed by atoms with Gasteiger partial charge in [-0.3, -0.25) is 4.79 Å². The average molecular weight is 612 g/mol. The van der Waals surface area contributed by atoms with Crippen molar-refractivity contribution in [2.75, 3.05) is 19.7 Å². The number of hydrogen-bond donors (Lipinski definition) is 2. The molecule has 1 amide bonds. The molecular formula is C33H39F2N3O4S. The second-order valence-corrected chi connectivity index (χ2v) is 13.3. The van der Waals surface area contributed by atoms with Crippen LogP contribution >= 0.6 is 0 Å². The van der Waals surface area contributed by atoms with E-state index in [4.69, 9.17) is 10.5 Å². The molecule has 3 N–H and O–H groups in total. The molecule has 1 unspecified atom stereocenters. The predicted octanol–water partition coefficient (Wildman–Crippen LogP) is 5.70. The normalized spacial score (nSPS) is 17.9. The fraction of sp³-hybridized carbons (Fsp3) is 0.424. The molecule has 3 aromatic rings. The van der Waals surface area contributed by atoms with Gasteiger partial charge in [-0.05, 0) is 67.0 Å². The number of nitrogens with two attached hydrogens (primary N) is 1. The van der Waals surface area contributed by atoms with Gasteiger partial charge in [0.15, 0.2) is 6.04 Å². The lowest BCUT2D eigenvalue weighted by molar-refractivity contribution is -0.145. The van der Waals surface area contributed by atoms with Crippen LogP contribution in [-0.4, -0.2) is 51.0 Å². The van der Waals surface area contributed by atoms with Gasteiger partial charge in [0.05, 0.1) is 11.5 Å². The topological polar surface area (TPSA) is 102 Å². The number of piperidine rings is 1. The van der Waals surface area contributed by atoms with Crippen LogP contribution in [0, 0.1) is 5.92 Å². The summed E-state index contributed by atoms with van der Waals surface area (Å²) in [5.74, 6) is -3.85. The molecule has 2 aliphatic rings. The maximum Gasteiger partial charge on any atom is 0.298 e. The smallest absolute Gasteiger partial charge is 0.298 e. The van der Waals surface area contributed by atoms with E-state index in [0.717, 1.165) is 24.0 Å². The molecule has 5 rings (SSSR count). The van der Waals surface area contributed by atoms with E-state index in [1.165, 1.54) is 60.6 Å². The quantitative estimate of drug-likeness (QED) is 0.306. The third-order valence-corrected chi connectivity index (χ3v) is 9.89. The second kappa shape index (κ2) is 13.5. The molecule has 1 saturated carbocycles. The maximum atomic E-state index is 16.2. The van der Waals surface area contributed by atoms with Gasteiger partial charge in [0.1, 0.15) is 5.75 Å². The van der Waals surface area contributed by atoms with E-state index in [9.17, 15) is 13.2 Å². The summed E-state index contributed by atoms with van der Waals surface area (Å²) < 4.78 is 67.2. The van der Waals surface area contributed by atoms with Gasteiger partial charge in [-0.1, -0.05) is 73.9 Å². The van der Waals surface area contributed by atoms with Crippen molar-refractivity contribution < 1.29 is 26.7 Å². The van der Waals surface area contributed by atoms with Crippen molar-refractivity contribution in [3.05, 3.63) is 84.4 Å². The number of nitrogens with one attached hydrogen (secondary N) is 1. The Kier molecular flexibility index (Phi) is 9.78. The van der Waals surface area contributed by atoms with E-state index in [1.807, 2.05) is 30.3 Å². The molecule has 43 heavy (non-hydrogen) atoms. The molecule has 1 heterocycles. The van der Waals surface area contributed by atoms with E-state index in [2.05, 4.69) is 4.72 Å². The number of carbonyl (C=O) groups excluding carboxylic acids is 1. The van der Waals surface area contributed by atoms with Crippen LogP contribution in [0.2, 0.25) is 0 Å². The number of nitrogens with zero attached hydrogens (tertiary/aromatic N) is 1. The highest BCUT2D eigenvalue weighted by atomic mass is 32.2. The SMILES string of the molecule is NC1CCN(C(=O)C(NS(=O)(=O)c2ccc(OCC3CCCCC3)cc2)C(F)(F)c2ccc(-c3ccccc3)cc2)CC1. The van der Waals surface area contributed by atoms with Crippen molar-refractivity contribution >= 4 is 15.9 Å². The Bertz CT molecular complexity index is 1450. The monoisotopic (exact) mass is 611 g/mol. The lowest BCUT2D eigenvalue weighted by Gasteiger charge is -2.35. The Labute approximate surface area is 252 Å². The molecule has 10 heteroatoms. The summed E-state index contributed by atoms with van der Waals surface area (Å²) in [6, 6.07) is 18.0. The summed E-state index contributed by atoms with van der Waals surface area (Å²) in [6.45, 7) is 0.901. The predicted molar refractivity (Wildman–Crippen MR) is 162 cm³/mol. The first-order valence-electron chi connectivity index (χ1n) is 15.0. The van der Waals surface area contributed by atoms with Crippen molar-refractivity contribution in [2.24, 2.45) is 11.7 Å². The van der Waals surface area contributed by atoms with Crippen molar-refractivity contribution in [3.63, 3.8) is 0 Å². The fourth-order valence-corrected chi connectivity index (χ4v) is 6.96. The van der Waals surface area contributed by atoms with Gasteiger partial charge in [-0.15, -0.1) is 0 Å². The maximum absolute atomic E-state index is 16.2. The zero-order valence-corrected chi connectivity index (χ0v) is 24.9. The molecule has 1 aliphatic carbocycles. The Morgan fingerprint density at radius 3 is 2.12 bits per heavy atom. The Morgan fingerprint density at radius 1 is 0.884 bits per heavy atom. The molecule has 7 nitrogen and oxygen atoms in total. The lowest BCUT2D eigenvalue weighted by atomic mass is 9.90. The number of hydrogen-bond acceptors (Lipinski definition) is 5. The van der Waals surface area contributed by atoms with Gasteiger partial charge in [-0.2, -0.15) is 13.5 Å². The lowest BCUT2D eigenvalue weighted by Crippen LogP contribution is -2.57. The molecule has 1 saturated heterocycles. The highest BCUT2D eigenvalue weighted by Crippen LogP contribution is 2.36. The van der Waals surface area contributed by atoms with Gasteiger partial charge < -0.3 is 15.4 Å². The third-order valence-electron chi connectivity index (χ3n) is 8.46. The second-order valence-electron chi connectivity index (χ2n) is 11.6. The first-order chi connectivity index (χ1) is 20.6. The van der Waals surface area contributed by atoms with Crippen LogP contribution in [0.3, 0.4) is 0 Å². The highest BCUT2D eigenvalue weighted by Gasteiger charge is 2.50. The summed E-state index contributed by atoms with van der Waals surface area (Å²) in [7, 11) is -4.51. The molecule has 1 aliphatic heterocycles. The number of benzene rings is 3. The molecule has 2 fully saturated rings. The standard InChI is InChI=1S/C33H39F2N3O4S/c34-33(35,27-13-11-26(12-14-27)25-9-5-2-6-10-25)31(32(39)38-21-19-28(36)20-22-38)37-43(40,41)30-17-15-29(16-18-30)42-23-24-7-3-1-4-8-24/h2,5-6,9-18,24,28,31,37H,1,3-4,7-8,19-23,36H2. The summed E-state index contributed by atoms with van der Waals surface area (Å²) >= 11 is 0. The zero-order chi connectivity index (χ0) is 30.5. The number of amides is 1. The Balaban J connectivity index is 1.37. The number of likely N-dealkylation sites (tertiary alicyclic amines) is 1. The number of alkyl halides is 2. The minimum absolute atomic E-state index is 0.135. The summed E-state index contributed by atoms with van der Waals surface area (Å²) in [5.41, 5.74) is 7.06. The van der Waals surface area contributed by atoms with Crippen molar-refractivity contribution in [2.45, 2.75) is 67.8 Å². The fourth-order valence-electron chi connectivity index (χ4n) is 5.77. The van der Waals surface area contributed by atoms with E-state index in [0.29, 0.717) is 31.1 Å². The van der Waals surface area contributed by atoms with Crippen molar-refractivity contribution in [3.8, 4) is 16.9 Å². The van der Waals surface area contributed by atoms with E-state index in [-0.39, 0.29) is 24.0 Å². The molecule has 0 radical (unpaired) electrons. The molecule has 0 aromatic heterocycles. The molecule has 1 atom stereocenters. The summed E-state index contributed by atoms with van der Waals surface area (Å²) in [6.07, 6.45) is 6.72. The number of halogens is 2. The van der Waals surface area contributed by atoms with E-state index >= 15 is 8.78 Å². The van der Waals surface area contributed by atoms with Crippen LogP contribution in [0.5, 0.6) is 5.75 Å². The molecule has 3 aromatic carbocycles. The van der Waals surface area contributed by atoms with Gasteiger partial charge in [0, 0.05) is 24.7 Å². The average Bonchev–Trinajstić information content (AvgIpc) is 3.04. The summed E-state index contributed by atoms with van der Waals surface area (Å²) in [4.78, 5) is 14.6. The molecule has 0 spiro atoms. The van der Waals surface area contributed by atoms with Crippen molar-refractivity contribution in [1.29, 1.82) is 0 Å². The van der Waals surface area contributed by atoms with Crippen LogP contribution in [-0.2, 0) is 20.7 Å². The van der Waals surface area contributed by atoms with Gasteiger partial charge >= 0.3 is 0 Å². The number of sulfonamides is 1. The van der Waals surface area contributed by atoms with Crippen LogP contribution in [0.1, 0.15) is 50.5 Å². The highest BCUT2D eigenvalue weighted by molar-refractivity contribution is 7.89. The molecule has 0 bridgehead atoms. The van der Waals surface area contributed by atoms with Crippen LogP contribution in [0.25, 0.3) is 11.1 Å². The van der Waals surface area contributed by atoms with Crippen LogP contribution in [0.15, 0.2) is 83.8 Å². The van der Waals surface area contributed by atoms with Gasteiger partial charge in [0.2, 0.25) is 15.9 Å². The minimum atomic E-state index is -4.51. The largest absolute Gasteiger partial charge is 0.493 e. The molecular weight excluding hydrogens is 572 g/mol. The van der Waals surface area contributed by atoms with Crippen LogP contribution in [0.4, 0.5) is 8.78 Å². The van der Waals surface area contributed by atoms with Gasteiger partial charge in [0.25, 0.3) is 5.92 Å². The van der Waals surface area contributed by atoms with E-state index in [1.54, 1.807) is 12.1 Å². The van der Waals surface area contributed by atoms with E-state index < -0.39 is 33.5 Å². The number of carbonyl (C=O) groups is 1. The zero-order valence-electron chi connectivity index (χ0n) is 24.1. The summed E-state index contributed by atoms with van der Waals surface area (Å²) in [5, 5.41) is 0. The minimum Gasteiger partial charge on any atom is -0.493 e. The Morgan fingerprint density at radius 2 is 1.49 bits per heavy atom. The number of rotatable bonds is 10. The first kappa shape index (κ1) is 31.1. The van der Waals surface area contributed by atoms with Gasteiger partial charge in [-0.25, -0.2) is 8.42 Å². The third kappa shape index (κ3) is 7.60. The van der Waals surface area contributed by atoms with Crippen molar-refractivity contribution in [1.82, 2.24) is 9.62 Å². The Hall–Kier alpha value is -3.34. The first-order valence-corrected chi connectivity index (χ1v) is 16.4. The van der Waals surface area contributed by atoms with Crippen LogP contribution < -0.4 is 15.2 Å². The number of ether oxygens (including phenoxy) is 1.